The summed E-state index contributed by atoms with van der Waals surface area (Å²) in [5.41, 5.74) is -2.66. The Labute approximate surface area is 441 Å². The molecule has 0 spiro atoms. The normalized spacial score (nSPS) is 38.9. The number of methoxy groups -OCH3 is 2. The third-order valence-corrected chi connectivity index (χ3v) is 17.7. The van der Waals surface area contributed by atoms with E-state index in [0.717, 1.165) is 16.8 Å². The van der Waals surface area contributed by atoms with E-state index in [9.17, 15) is 37.4 Å². The molecule has 2 aromatic rings. The van der Waals surface area contributed by atoms with Crippen molar-refractivity contribution >= 4 is 27.7 Å². The quantitative estimate of drug-likeness (QED) is 0.121. The van der Waals surface area contributed by atoms with Gasteiger partial charge in [0.2, 0.25) is 0 Å². The number of ketones is 1. The minimum Gasteiger partial charge on any atom is -0.458 e. The number of cyclic esters (lactones) is 1. The summed E-state index contributed by atoms with van der Waals surface area (Å²) in [6, 6.07) is 4.09. The van der Waals surface area contributed by atoms with Crippen molar-refractivity contribution in [3.8, 4) is 0 Å². The number of Topliss-reactive ketones (excluding diaryl/α,β-unsaturated/α-hetero) is 1. The number of carbonyl (C=O) groups excluding carboxylic acids is 3. The fourth-order valence-corrected chi connectivity index (χ4v) is 12.5. The van der Waals surface area contributed by atoms with E-state index >= 15 is 0 Å². The monoisotopic (exact) mass is 1080 g/mol. The van der Waals surface area contributed by atoms with E-state index in [1.807, 2.05) is 25.8 Å². The van der Waals surface area contributed by atoms with Crippen molar-refractivity contribution < 1.29 is 75.3 Å². The molecular formula is C52H83FN6O15S. The molecule has 1 aromatic heterocycles. The van der Waals surface area contributed by atoms with Crippen LogP contribution < -0.4 is 5.84 Å². The summed E-state index contributed by atoms with van der Waals surface area (Å²) in [6.45, 7) is 17.1. The summed E-state index contributed by atoms with van der Waals surface area (Å²) in [4.78, 5) is 44.9. The van der Waals surface area contributed by atoms with Crippen LogP contribution in [0, 0.1) is 23.7 Å². The van der Waals surface area contributed by atoms with Crippen LogP contribution in [0.5, 0.6) is 0 Å². The van der Waals surface area contributed by atoms with Crippen molar-refractivity contribution in [2.45, 2.75) is 203 Å². The lowest BCUT2D eigenvalue weighted by atomic mass is 9.73. The van der Waals surface area contributed by atoms with Crippen molar-refractivity contribution in [2.24, 2.45) is 29.5 Å². The molecule has 4 N–H and O–H groups in total. The number of benzene rings is 1. The minimum atomic E-state index is -3.38. The predicted molar refractivity (Wildman–Crippen MR) is 270 cm³/mol. The highest BCUT2D eigenvalue weighted by molar-refractivity contribution is 7.90. The molecule has 19 atom stereocenters. The first-order chi connectivity index (χ1) is 35.1. The Morgan fingerprint density at radius 3 is 2.21 bits per heavy atom. The van der Waals surface area contributed by atoms with E-state index in [-0.39, 0.29) is 36.4 Å². The number of aromatic nitrogens is 3. The Morgan fingerprint density at radius 1 is 0.960 bits per heavy atom. The van der Waals surface area contributed by atoms with Gasteiger partial charge in [-0.25, -0.2) is 33.1 Å². The summed E-state index contributed by atoms with van der Waals surface area (Å²) in [7, 11) is 1.46. The van der Waals surface area contributed by atoms with Crippen molar-refractivity contribution in [1.29, 1.82) is 0 Å². The van der Waals surface area contributed by atoms with Gasteiger partial charge in [0.25, 0.3) is 0 Å². The Morgan fingerprint density at radius 2 is 1.61 bits per heavy atom. The van der Waals surface area contributed by atoms with Crippen LogP contribution in [0.25, 0.3) is 0 Å². The molecule has 4 aliphatic heterocycles. The Hall–Kier alpha value is -3.75. The van der Waals surface area contributed by atoms with Crippen LogP contribution >= 0.6 is 0 Å². The lowest BCUT2D eigenvalue weighted by Gasteiger charge is -2.50. The molecule has 4 saturated heterocycles. The number of halogens is 1. The summed E-state index contributed by atoms with van der Waals surface area (Å²) in [5, 5.41) is 32.9. The highest BCUT2D eigenvalue weighted by Crippen LogP contribution is 2.44. The maximum atomic E-state index is 14.8. The van der Waals surface area contributed by atoms with Crippen LogP contribution in [0.1, 0.15) is 112 Å². The predicted octanol–water partition coefficient (Wildman–Crippen LogP) is 4.14. The standard InChI is InChI=1S/C52H83FN6O15S/c1-15-39-52(10)44(59(54)49(64)74-52)30(4)41(60)28(2)24-51(9,68-13)46(31(5)43(32(6)47(63)71-39)72-40-25-50(8,67-12)45(62)33(7)70-40)73-48-42(61)38(22-29(3)69-48)57(11)21-20-35-27-58(56-55-35)36(26-53)23-34-16-18-37(19-17-34)75(14,65)66/h16-19,27-33,36,38-40,42-46,48,61-62H,15,20-26,54H2,1-14H3/t28-,29-,30+,31+,32-,33+,36+,38+,39-,40+,42-,43+,44-,45+,46-,48+,50-,51-,52-/m1/s1. The zero-order valence-corrected chi connectivity index (χ0v) is 46.9. The lowest BCUT2D eigenvalue weighted by Crippen LogP contribution is -2.62. The van der Waals surface area contributed by atoms with Crippen LogP contribution in [0.15, 0.2) is 35.4 Å². The molecule has 0 aliphatic carbocycles. The number of ether oxygens (including phenoxy) is 8. The van der Waals surface area contributed by atoms with Gasteiger partial charge in [0.05, 0.1) is 58.2 Å². The second kappa shape index (κ2) is 24.1. The molecule has 23 heteroatoms. The molecule has 0 unspecified atom stereocenters. The number of esters is 1. The zero-order valence-electron chi connectivity index (χ0n) is 46.1. The van der Waals surface area contributed by atoms with Crippen LogP contribution in [0.2, 0.25) is 0 Å². The van der Waals surface area contributed by atoms with Crippen LogP contribution in [0.4, 0.5) is 9.18 Å². The number of hydrazine groups is 1. The number of fused-ring (bicyclic) bond motifs is 1. The molecule has 0 radical (unpaired) electrons. The fourth-order valence-electron chi connectivity index (χ4n) is 11.9. The van der Waals surface area contributed by atoms with Gasteiger partial charge in [0, 0.05) is 69.9 Å². The number of nitrogens with zero attached hydrogens (tertiary/aromatic N) is 5. The van der Waals surface area contributed by atoms with E-state index in [1.165, 1.54) is 31.0 Å². The highest BCUT2D eigenvalue weighted by atomic mass is 32.2. The number of aliphatic hydroxyl groups excluding tert-OH is 2. The molecule has 21 nitrogen and oxygen atoms in total. The molecule has 75 heavy (non-hydrogen) atoms. The maximum Gasteiger partial charge on any atom is 0.425 e. The van der Waals surface area contributed by atoms with Crippen molar-refractivity contribution in [1.82, 2.24) is 24.9 Å². The summed E-state index contributed by atoms with van der Waals surface area (Å²) in [5.74, 6) is 1.87. The molecular weight excluding hydrogens is 1000 g/mol. The second-order valence-corrected chi connectivity index (χ2v) is 24.3. The molecule has 1 aromatic carbocycles. The lowest BCUT2D eigenvalue weighted by molar-refractivity contribution is -0.319. The molecule has 1 amide bonds. The van der Waals surface area contributed by atoms with Gasteiger partial charge in [-0.3, -0.25) is 9.59 Å². The van der Waals surface area contributed by atoms with Crippen molar-refractivity contribution in [3.63, 3.8) is 0 Å². The zero-order chi connectivity index (χ0) is 55.7. The molecule has 0 bridgehead atoms. The topological polar surface area (TPSA) is 263 Å². The fraction of sp³-hybridized carbons (Fsp3) is 0.788. The summed E-state index contributed by atoms with van der Waals surface area (Å²) in [6.07, 6.45) is -5.62. The number of alkyl halides is 1. The average Bonchev–Trinajstić information content (AvgIpc) is 3.93. The van der Waals surface area contributed by atoms with Crippen LogP contribution in [0.3, 0.4) is 0 Å². The number of carbonyl (C=O) groups is 3. The molecule has 5 heterocycles. The van der Waals surface area contributed by atoms with E-state index in [0.29, 0.717) is 25.1 Å². The van der Waals surface area contributed by atoms with Gasteiger partial charge in [-0.05, 0) is 92.0 Å². The second-order valence-electron chi connectivity index (χ2n) is 22.2. The largest absolute Gasteiger partial charge is 0.458 e. The number of rotatable bonds is 16. The highest BCUT2D eigenvalue weighted by Gasteiger charge is 2.60. The molecule has 6 rings (SSSR count). The first-order valence-electron chi connectivity index (χ1n) is 26.1. The van der Waals surface area contributed by atoms with Crippen molar-refractivity contribution in [3.05, 3.63) is 41.7 Å². The molecule has 0 saturated carbocycles. The number of nitrogens with two attached hydrogens (primary N) is 1. The van der Waals surface area contributed by atoms with E-state index < -0.39 is 142 Å². The Balaban J connectivity index is 1.30. The van der Waals surface area contributed by atoms with Gasteiger partial charge in [0.15, 0.2) is 28.0 Å². The van der Waals surface area contributed by atoms with Crippen molar-refractivity contribution in [2.75, 3.05) is 40.7 Å². The number of hydrogen-bond acceptors (Lipinski definition) is 19. The molecule has 424 valence electrons. The number of amides is 1. The van der Waals surface area contributed by atoms with Gasteiger partial charge >= 0.3 is 12.1 Å². The first kappa shape index (κ1) is 60.5. The van der Waals surface area contributed by atoms with Gasteiger partial charge in [-0.15, -0.1) is 5.10 Å². The van der Waals surface area contributed by atoms with Gasteiger partial charge in [-0.1, -0.05) is 45.0 Å². The van der Waals surface area contributed by atoms with E-state index in [1.54, 1.807) is 73.7 Å². The maximum absolute atomic E-state index is 14.8. The minimum absolute atomic E-state index is 0.0548. The van der Waals surface area contributed by atoms with Gasteiger partial charge in [0.1, 0.15) is 36.8 Å². The van der Waals surface area contributed by atoms with Gasteiger partial charge < -0.3 is 53.0 Å². The third kappa shape index (κ3) is 12.9. The number of likely N-dealkylation sites (N-methyl/N-ethyl adjacent to an activating group) is 1. The Kier molecular flexibility index (Phi) is 19.4. The van der Waals surface area contributed by atoms with Crippen LogP contribution in [-0.4, -0.2) is 186 Å². The third-order valence-electron chi connectivity index (χ3n) is 16.6. The first-order valence-corrected chi connectivity index (χ1v) is 28.0. The Bertz CT molecular complexity index is 2390. The summed E-state index contributed by atoms with van der Waals surface area (Å²) < 4.78 is 90.9. The number of aliphatic hydroxyl groups is 2. The molecule has 4 aliphatic rings. The van der Waals surface area contributed by atoms with E-state index in [2.05, 4.69) is 10.3 Å². The van der Waals surface area contributed by atoms with E-state index in [4.69, 9.17) is 43.7 Å². The number of sulfone groups is 1. The number of hydrogen-bond donors (Lipinski definition) is 3. The summed E-state index contributed by atoms with van der Waals surface area (Å²) >= 11 is 0. The van der Waals surface area contributed by atoms with Crippen LogP contribution in [-0.2, 0) is 70.2 Å². The molecule has 4 fully saturated rings. The van der Waals surface area contributed by atoms with Gasteiger partial charge in [-0.2, -0.15) is 0 Å². The SMILES string of the molecule is CC[C@H]1OC(=O)[C@H](C)[C@@H](O[C@H]2C[C@@](C)(OC)[C@@H](O)[C@H](C)O2)[C@H](C)[C@@H](O[C@@H]2O[C@H](C)C[C@H](N(C)CCc3cn([C@H](CF)Cc4ccc(S(C)(=O)=O)cc4)nn3)[C@H]2O)[C@](C)(OC)C[C@@H](C)C(=O)[C@H](C)[C@H]2N(N)C(=O)O[C@]12C. The average molecular weight is 1080 g/mol. The smallest absolute Gasteiger partial charge is 0.425 e.